The zero-order chi connectivity index (χ0) is 18.1. The first-order chi connectivity index (χ1) is 11.9. The summed E-state index contributed by atoms with van der Waals surface area (Å²) in [7, 11) is 3.38. The first-order valence-electron chi connectivity index (χ1n) is 8.34. The van der Waals surface area contributed by atoms with Gasteiger partial charge in [0.2, 0.25) is 5.91 Å². The second-order valence-corrected chi connectivity index (χ2v) is 6.65. The molecule has 132 valence electrons. The number of rotatable bonds is 3. The monoisotopic (exact) mass is 341 g/mol. The van der Waals surface area contributed by atoms with Gasteiger partial charge in [-0.05, 0) is 19.4 Å². The Balaban J connectivity index is 1.91. The van der Waals surface area contributed by atoms with E-state index in [1.165, 1.54) is 4.90 Å². The number of amides is 2. The first kappa shape index (κ1) is 17.1. The molecule has 7 nitrogen and oxygen atoms in total. The Labute approximate surface area is 147 Å². The van der Waals surface area contributed by atoms with E-state index in [0.717, 1.165) is 17.0 Å². The third-order valence-electron chi connectivity index (χ3n) is 4.52. The van der Waals surface area contributed by atoms with Crippen molar-refractivity contribution in [3.8, 4) is 0 Å². The van der Waals surface area contributed by atoms with E-state index in [2.05, 4.69) is 10.2 Å². The Hall–Kier alpha value is -2.70. The largest absolute Gasteiger partial charge is 0.347 e. The Kier molecular flexibility index (Phi) is 4.57. The van der Waals surface area contributed by atoms with Gasteiger partial charge in [0, 0.05) is 27.2 Å². The molecule has 0 saturated carbocycles. The van der Waals surface area contributed by atoms with E-state index in [1.54, 1.807) is 19.0 Å². The number of hydrogen-bond donors (Lipinski definition) is 0. The number of fused-ring (bicyclic) bond motifs is 1. The topological polar surface area (TPSA) is 71.3 Å². The molecule has 2 heterocycles. The Morgan fingerprint density at radius 3 is 2.64 bits per heavy atom. The molecule has 1 aliphatic heterocycles. The van der Waals surface area contributed by atoms with Crippen molar-refractivity contribution in [3.63, 3.8) is 0 Å². The quantitative estimate of drug-likeness (QED) is 0.838. The van der Waals surface area contributed by atoms with Crippen LogP contribution in [0.4, 0.5) is 0 Å². The molecular weight excluding hydrogens is 318 g/mol. The van der Waals surface area contributed by atoms with Crippen LogP contribution in [0.5, 0.6) is 0 Å². The lowest BCUT2D eigenvalue weighted by atomic mass is 10.1. The summed E-state index contributed by atoms with van der Waals surface area (Å²) >= 11 is 0. The molecule has 2 amide bonds. The fourth-order valence-electron chi connectivity index (χ4n) is 3.21. The van der Waals surface area contributed by atoms with Crippen molar-refractivity contribution in [3.05, 3.63) is 47.0 Å². The van der Waals surface area contributed by atoms with Crippen LogP contribution >= 0.6 is 0 Å². The summed E-state index contributed by atoms with van der Waals surface area (Å²) in [5.41, 5.74) is 2.06. The maximum absolute atomic E-state index is 12.9. The van der Waals surface area contributed by atoms with Crippen LogP contribution in [0.2, 0.25) is 0 Å². The fraction of sp³-hybridized carbons (Fsp3) is 0.444. The molecule has 0 bridgehead atoms. The number of benzene rings is 1. The van der Waals surface area contributed by atoms with E-state index in [-0.39, 0.29) is 18.2 Å². The van der Waals surface area contributed by atoms with Crippen molar-refractivity contribution in [2.75, 3.05) is 20.6 Å². The number of aromatic nitrogens is 3. The first-order valence-corrected chi connectivity index (χ1v) is 8.34. The Morgan fingerprint density at radius 1 is 1.20 bits per heavy atom. The summed E-state index contributed by atoms with van der Waals surface area (Å²) in [6, 6.07) is 7.15. The van der Waals surface area contributed by atoms with Crippen molar-refractivity contribution < 1.29 is 9.59 Å². The normalized spacial score (nSPS) is 16.5. The van der Waals surface area contributed by atoms with Crippen LogP contribution in [0.1, 0.15) is 28.8 Å². The van der Waals surface area contributed by atoms with Crippen molar-refractivity contribution >= 4 is 11.8 Å². The number of carbonyl (C=O) groups excluding carboxylic acids is 2. The third kappa shape index (κ3) is 3.26. The molecule has 25 heavy (non-hydrogen) atoms. The zero-order valence-corrected chi connectivity index (χ0v) is 15.1. The van der Waals surface area contributed by atoms with Gasteiger partial charge in [0.25, 0.3) is 5.91 Å². The molecule has 1 aliphatic rings. The molecular formula is C18H23N5O2. The van der Waals surface area contributed by atoms with Gasteiger partial charge in [-0.25, -0.2) is 0 Å². The second-order valence-electron chi connectivity index (χ2n) is 6.65. The van der Waals surface area contributed by atoms with Crippen LogP contribution in [0.3, 0.4) is 0 Å². The van der Waals surface area contributed by atoms with Crippen molar-refractivity contribution in [2.45, 2.75) is 32.9 Å². The summed E-state index contributed by atoms with van der Waals surface area (Å²) < 4.78 is 1.92. The molecule has 2 aromatic rings. The maximum Gasteiger partial charge on any atom is 0.252 e. The maximum atomic E-state index is 12.9. The molecule has 0 spiro atoms. The molecule has 1 atom stereocenters. The molecule has 0 N–H and O–H groups in total. The van der Waals surface area contributed by atoms with Crippen LogP contribution in [0, 0.1) is 13.8 Å². The summed E-state index contributed by atoms with van der Waals surface area (Å²) in [5.74, 6) is 1.07. The van der Waals surface area contributed by atoms with Gasteiger partial charge in [0.05, 0.1) is 6.42 Å². The number of likely N-dealkylation sites (N-methyl/N-ethyl adjacent to an activating group) is 1. The molecule has 7 heteroatoms. The van der Waals surface area contributed by atoms with Gasteiger partial charge in [-0.3, -0.25) is 9.59 Å². The molecule has 0 aliphatic carbocycles. The average Bonchev–Trinajstić information content (AvgIpc) is 2.94. The van der Waals surface area contributed by atoms with Gasteiger partial charge in [0.15, 0.2) is 11.9 Å². The standard InChI is InChI=1S/C18H23N5O2/c1-12-6-5-7-14(10-12)11-15(24)23-9-8-22-13(2)19-20-17(22)16(23)18(25)21(3)4/h5-7,10,16H,8-9,11H2,1-4H3. The molecule has 1 unspecified atom stereocenters. The van der Waals surface area contributed by atoms with Crippen molar-refractivity contribution in [1.29, 1.82) is 0 Å². The average molecular weight is 341 g/mol. The van der Waals surface area contributed by atoms with Crippen LogP contribution in [-0.2, 0) is 22.6 Å². The summed E-state index contributed by atoms with van der Waals surface area (Å²) in [6.45, 7) is 4.93. The lowest BCUT2D eigenvalue weighted by Crippen LogP contribution is -2.49. The molecule has 1 aromatic heterocycles. The smallest absolute Gasteiger partial charge is 0.252 e. The number of hydrogen-bond acceptors (Lipinski definition) is 4. The van der Waals surface area contributed by atoms with E-state index in [1.807, 2.05) is 42.7 Å². The summed E-state index contributed by atoms with van der Waals surface area (Å²) in [5, 5.41) is 8.25. The molecule has 0 radical (unpaired) electrons. The number of aryl methyl sites for hydroxylation is 2. The zero-order valence-electron chi connectivity index (χ0n) is 15.1. The second kappa shape index (κ2) is 6.66. The minimum atomic E-state index is -0.720. The lowest BCUT2D eigenvalue weighted by Gasteiger charge is -2.36. The van der Waals surface area contributed by atoms with Gasteiger partial charge in [-0.15, -0.1) is 10.2 Å². The van der Waals surface area contributed by atoms with Crippen LogP contribution < -0.4 is 0 Å². The van der Waals surface area contributed by atoms with Gasteiger partial charge >= 0.3 is 0 Å². The van der Waals surface area contributed by atoms with Crippen molar-refractivity contribution in [1.82, 2.24) is 24.6 Å². The van der Waals surface area contributed by atoms with Crippen LogP contribution in [-0.4, -0.2) is 57.0 Å². The van der Waals surface area contributed by atoms with E-state index in [9.17, 15) is 9.59 Å². The highest BCUT2D eigenvalue weighted by atomic mass is 16.2. The van der Waals surface area contributed by atoms with Gasteiger partial charge < -0.3 is 14.4 Å². The van der Waals surface area contributed by atoms with Gasteiger partial charge in [-0.2, -0.15) is 0 Å². The summed E-state index contributed by atoms with van der Waals surface area (Å²) in [4.78, 5) is 28.8. The van der Waals surface area contributed by atoms with E-state index >= 15 is 0 Å². The molecule has 3 rings (SSSR count). The summed E-state index contributed by atoms with van der Waals surface area (Å²) in [6.07, 6.45) is 0.270. The third-order valence-corrected chi connectivity index (χ3v) is 4.52. The van der Waals surface area contributed by atoms with Crippen LogP contribution in [0.25, 0.3) is 0 Å². The van der Waals surface area contributed by atoms with Gasteiger partial charge in [0.1, 0.15) is 5.82 Å². The Morgan fingerprint density at radius 2 is 1.96 bits per heavy atom. The van der Waals surface area contributed by atoms with Crippen molar-refractivity contribution in [2.24, 2.45) is 0 Å². The van der Waals surface area contributed by atoms with E-state index in [0.29, 0.717) is 18.9 Å². The number of nitrogens with zero attached hydrogens (tertiary/aromatic N) is 5. The molecule has 0 saturated heterocycles. The van der Waals surface area contributed by atoms with E-state index < -0.39 is 6.04 Å². The predicted octanol–water partition coefficient (Wildman–Crippen LogP) is 1.11. The minimum Gasteiger partial charge on any atom is -0.347 e. The highest BCUT2D eigenvalue weighted by Gasteiger charge is 2.39. The lowest BCUT2D eigenvalue weighted by molar-refractivity contribution is -0.146. The highest BCUT2D eigenvalue weighted by molar-refractivity contribution is 5.89. The van der Waals surface area contributed by atoms with E-state index in [4.69, 9.17) is 0 Å². The molecule has 0 fully saturated rings. The fourth-order valence-corrected chi connectivity index (χ4v) is 3.21. The minimum absolute atomic E-state index is 0.0716. The SMILES string of the molecule is Cc1cccc(CC(=O)N2CCn3c(C)nnc3C2C(=O)N(C)C)c1. The number of carbonyl (C=O) groups is 2. The van der Waals surface area contributed by atoms with Gasteiger partial charge in [-0.1, -0.05) is 29.8 Å². The predicted molar refractivity (Wildman–Crippen MR) is 92.8 cm³/mol. The molecule has 1 aromatic carbocycles. The Bertz CT molecular complexity index is 812. The highest BCUT2D eigenvalue weighted by Crippen LogP contribution is 2.27. The van der Waals surface area contributed by atoms with Crippen LogP contribution in [0.15, 0.2) is 24.3 Å².